The van der Waals surface area contributed by atoms with Crippen LogP contribution in [-0.4, -0.2) is 35.7 Å². The van der Waals surface area contributed by atoms with Crippen LogP contribution in [0.25, 0.3) is 11.1 Å². The van der Waals surface area contributed by atoms with E-state index in [0.717, 1.165) is 25.7 Å². The van der Waals surface area contributed by atoms with Crippen LogP contribution in [0.15, 0.2) is 48.5 Å². The maximum atomic E-state index is 12.9. The van der Waals surface area contributed by atoms with Gasteiger partial charge < -0.3 is 9.64 Å². The molecule has 0 saturated carbocycles. The SMILES string of the molecule is NNC1CC2CCC(C1)N2C(=O)OCC1c2ccccc2-c2ccccc21. The Morgan fingerprint density at radius 2 is 1.56 bits per heavy atom. The van der Waals surface area contributed by atoms with Crippen molar-refractivity contribution in [3.63, 3.8) is 0 Å². The molecule has 3 N–H and O–H groups in total. The highest BCUT2D eigenvalue weighted by atomic mass is 16.6. The first kappa shape index (κ1) is 16.8. The Balaban J connectivity index is 1.33. The number of fused-ring (bicyclic) bond motifs is 5. The highest BCUT2D eigenvalue weighted by molar-refractivity contribution is 5.79. The number of rotatable bonds is 3. The van der Waals surface area contributed by atoms with Gasteiger partial charge in [0, 0.05) is 24.0 Å². The zero-order valence-corrected chi connectivity index (χ0v) is 15.3. The predicted octanol–water partition coefficient (Wildman–Crippen LogP) is 3.39. The molecule has 2 unspecified atom stereocenters. The molecular formula is C22H25N3O2. The van der Waals surface area contributed by atoms with Crippen LogP contribution in [0.4, 0.5) is 4.79 Å². The Morgan fingerprint density at radius 1 is 1.00 bits per heavy atom. The summed E-state index contributed by atoms with van der Waals surface area (Å²) in [6, 6.07) is 17.7. The van der Waals surface area contributed by atoms with E-state index in [1.807, 2.05) is 4.90 Å². The lowest BCUT2D eigenvalue weighted by Crippen LogP contribution is -2.53. The fourth-order valence-corrected chi connectivity index (χ4v) is 5.28. The van der Waals surface area contributed by atoms with Crippen LogP contribution in [-0.2, 0) is 4.74 Å². The number of piperidine rings is 1. The summed E-state index contributed by atoms with van der Waals surface area (Å²) in [4.78, 5) is 14.9. The van der Waals surface area contributed by atoms with Gasteiger partial charge >= 0.3 is 6.09 Å². The molecule has 2 atom stereocenters. The van der Waals surface area contributed by atoms with Crippen LogP contribution in [0, 0.1) is 0 Å². The number of carbonyl (C=O) groups excluding carboxylic acids is 1. The van der Waals surface area contributed by atoms with Gasteiger partial charge in [0.1, 0.15) is 6.61 Å². The maximum Gasteiger partial charge on any atom is 0.410 e. The third-order valence-electron chi connectivity index (χ3n) is 6.52. The monoisotopic (exact) mass is 363 g/mol. The van der Waals surface area contributed by atoms with Crippen molar-refractivity contribution in [2.75, 3.05) is 6.61 Å². The molecule has 2 fully saturated rings. The fraction of sp³-hybridized carbons (Fsp3) is 0.409. The molecule has 0 spiro atoms. The van der Waals surface area contributed by atoms with Crippen molar-refractivity contribution in [2.24, 2.45) is 5.84 Å². The third-order valence-corrected chi connectivity index (χ3v) is 6.52. The summed E-state index contributed by atoms with van der Waals surface area (Å²) in [5, 5.41) is 0. The lowest BCUT2D eigenvalue weighted by molar-refractivity contribution is 0.0611. The first-order chi connectivity index (χ1) is 13.3. The maximum absolute atomic E-state index is 12.9. The van der Waals surface area contributed by atoms with Gasteiger partial charge in [-0.2, -0.15) is 0 Å². The molecule has 2 aliphatic heterocycles. The number of hydrazine groups is 1. The average molecular weight is 363 g/mol. The van der Waals surface area contributed by atoms with Gasteiger partial charge in [-0.1, -0.05) is 48.5 Å². The molecule has 0 aromatic heterocycles. The lowest BCUT2D eigenvalue weighted by atomic mass is 9.98. The first-order valence-electron chi connectivity index (χ1n) is 9.85. The van der Waals surface area contributed by atoms with Gasteiger partial charge in [-0.15, -0.1) is 0 Å². The van der Waals surface area contributed by atoms with Crippen LogP contribution >= 0.6 is 0 Å². The van der Waals surface area contributed by atoms with Crippen LogP contribution < -0.4 is 11.3 Å². The fourth-order valence-electron chi connectivity index (χ4n) is 5.28. The van der Waals surface area contributed by atoms with E-state index in [2.05, 4.69) is 54.0 Å². The number of benzene rings is 2. The number of nitrogens with one attached hydrogen (secondary N) is 1. The molecule has 5 heteroatoms. The Kier molecular flexibility index (Phi) is 4.14. The summed E-state index contributed by atoms with van der Waals surface area (Å²) >= 11 is 0. The second-order valence-electron chi connectivity index (χ2n) is 7.93. The molecule has 1 amide bonds. The second-order valence-corrected chi connectivity index (χ2v) is 7.93. The van der Waals surface area contributed by atoms with Gasteiger partial charge in [0.05, 0.1) is 0 Å². The van der Waals surface area contributed by atoms with E-state index in [9.17, 15) is 4.79 Å². The smallest absolute Gasteiger partial charge is 0.410 e. The zero-order valence-electron chi connectivity index (χ0n) is 15.3. The van der Waals surface area contributed by atoms with E-state index in [1.54, 1.807) is 0 Å². The Bertz CT molecular complexity index is 809. The Hall–Kier alpha value is -2.37. The normalized spacial score (nSPS) is 26.0. The number of nitrogens with two attached hydrogens (primary N) is 1. The zero-order chi connectivity index (χ0) is 18.4. The number of hydrogen-bond donors (Lipinski definition) is 2. The van der Waals surface area contributed by atoms with Crippen molar-refractivity contribution in [2.45, 2.75) is 49.7 Å². The number of hydrogen-bond acceptors (Lipinski definition) is 4. The van der Waals surface area contributed by atoms with E-state index in [-0.39, 0.29) is 24.1 Å². The Morgan fingerprint density at radius 3 is 2.11 bits per heavy atom. The van der Waals surface area contributed by atoms with Crippen LogP contribution in [0.3, 0.4) is 0 Å². The van der Waals surface area contributed by atoms with E-state index >= 15 is 0 Å². The summed E-state index contributed by atoms with van der Waals surface area (Å²) in [5.41, 5.74) is 7.89. The third kappa shape index (κ3) is 2.73. The van der Waals surface area contributed by atoms with Crippen molar-refractivity contribution in [3.05, 3.63) is 59.7 Å². The molecule has 5 rings (SSSR count). The lowest BCUT2D eigenvalue weighted by Gasteiger charge is -2.38. The van der Waals surface area contributed by atoms with Crippen LogP contribution in [0.5, 0.6) is 0 Å². The minimum atomic E-state index is -0.167. The van der Waals surface area contributed by atoms with Gasteiger partial charge in [-0.05, 0) is 47.9 Å². The number of ether oxygens (including phenoxy) is 1. The van der Waals surface area contributed by atoms with E-state index in [1.165, 1.54) is 22.3 Å². The summed E-state index contributed by atoms with van der Waals surface area (Å²) in [6.07, 6.45) is 3.76. The molecular weight excluding hydrogens is 338 g/mol. The topological polar surface area (TPSA) is 67.6 Å². The predicted molar refractivity (Wildman–Crippen MR) is 104 cm³/mol. The van der Waals surface area contributed by atoms with Crippen LogP contribution in [0.2, 0.25) is 0 Å². The van der Waals surface area contributed by atoms with Gasteiger partial charge in [-0.25, -0.2) is 4.79 Å². The molecule has 27 heavy (non-hydrogen) atoms. The number of nitrogens with zero attached hydrogens (tertiary/aromatic N) is 1. The molecule has 2 aromatic carbocycles. The number of amides is 1. The molecule has 2 saturated heterocycles. The molecule has 5 nitrogen and oxygen atoms in total. The molecule has 2 aromatic rings. The van der Waals surface area contributed by atoms with Crippen molar-refractivity contribution < 1.29 is 9.53 Å². The van der Waals surface area contributed by atoms with Crippen LogP contribution in [0.1, 0.15) is 42.7 Å². The minimum absolute atomic E-state index is 0.113. The molecule has 140 valence electrons. The minimum Gasteiger partial charge on any atom is -0.448 e. The van der Waals surface area contributed by atoms with Crippen molar-refractivity contribution in [1.29, 1.82) is 0 Å². The average Bonchev–Trinajstić information content (AvgIpc) is 3.17. The molecule has 2 heterocycles. The largest absolute Gasteiger partial charge is 0.448 e. The highest BCUT2D eigenvalue weighted by Gasteiger charge is 2.44. The van der Waals surface area contributed by atoms with E-state index in [0.29, 0.717) is 12.6 Å². The summed E-state index contributed by atoms with van der Waals surface area (Å²) < 4.78 is 5.86. The van der Waals surface area contributed by atoms with Crippen molar-refractivity contribution in [1.82, 2.24) is 10.3 Å². The molecule has 2 bridgehead atoms. The molecule has 0 radical (unpaired) electrons. The number of carbonyl (C=O) groups is 1. The highest BCUT2D eigenvalue weighted by Crippen LogP contribution is 2.45. The van der Waals surface area contributed by atoms with Gasteiger partial charge in [0.25, 0.3) is 0 Å². The Labute approximate surface area is 159 Å². The van der Waals surface area contributed by atoms with Crippen molar-refractivity contribution >= 4 is 6.09 Å². The van der Waals surface area contributed by atoms with Crippen molar-refractivity contribution in [3.8, 4) is 11.1 Å². The second kappa shape index (κ2) is 6.66. The molecule has 3 aliphatic rings. The summed E-state index contributed by atoms with van der Waals surface area (Å²) in [5.74, 6) is 5.74. The summed E-state index contributed by atoms with van der Waals surface area (Å²) in [6.45, 7) is 0.390. The summed E-state index contributed by atoms with van der Waals surface area (Å²) in [7, 11) is 0. The first-order valence-corrected chi connectivity index (χ1v) is 9.85. The molecule has 1 aliphatic carbocycles. The van der Waals surface area contributed by atoms with E-state index in [4.69, 9.17) is 10.6 Å². The quantitative estimate of drug-likeness (QED) is 0.648. The van der Waals surface area contributed by atoms with Gasteiger partial charge in [0.2, 0.25) is 0 Å². The van der Waals surface area contributed by atoms with Gasteiger partial charge in [-0.3, -0.25) is 11.3 Å². The van der Waals surface area contributed by atoms with E-state index < -0.39 is 0 Å². The van der Waals surface area contributed by atoms with Gasteiger partial charge in [0.15, 0.2) is 0 Å². The standard InChI is InChI=1S/C22H25N3O2/c23-24-14-11-15-9-10-16(12-14)25(15)22(26)27-13-21-19-7-3-1-5-17(19)18-6-2-4-8-20(18)21/h1-8,14-16,21,24H,9-13,23H2.